The number of rotatable bonds is 18. The number of hydrogen-bond donors (Lipinski definition) is 3. The van der Waals surface area contributed by atoms with Gasteiger partial charge in [0.25, 0.3) is 5.91 Å². The van der Waals surface area contributed by atoms with E-state index in [1.165, 1.54) is 73.1 Å². The van der Waals surface area contributed by atoms with Gasteiger partial charge < -0.3 is 25.6 Å². The van der Waals surface area contributed by atoms with E-state index in [0.717, 1.165) is 25.7 Å². The topological polar surface area (TPSA) is 134 Å². The zero-order valence-electron chi connectivity index (χ0n) is 32.1. The fraction of sp³-hybridized carbons (Fsp3) is 0.634. The molecule has 0 spiro atoms. The summed E-state index contributed by atoms with van der Waals surface area (Å²) < 4.78 is 5.32. The molecule has 10 heteroatoms. The SMILES string of the molecule is C1CCCCC1.C=CCNC(=O)C(=O)C(CC=C)NC(=O)C1CCCCN1C(=O)CNC=O.CCc1cccc(C(C)C(C)CCC(C)OC)c1. The van der Waals surface area contributed by atoms with Gasteiger partial charge in [-0.25, -0.2) is 0 Å². The molecule has 5 atom stereocenters. The molecule has 51 heavy (non-hydrogen) atoms. The number of amides is 4. The molecule has 10 nitrogen and oxygen atoms in total. The van der Waals surface area contributed by atoms with Crippen LogP contribution in [-0.4, -0.2) is 79.7 Å². The van der Waals surface area contributed by atoms with Gasteiger partial charge in [0, 0.05) is 20.2 Å². The Morgan fingerprint density at radius 2 is 1.63 bits per heavy atom. The Balaban J connectivity index is 0.000000460. The van der Waals surface area contributed by atoms with Gasteiger partial charge in [-0.3, -0.25) is 24.0 Å². The van der Waals surface area contributed by atoms with Gasteiger partial charge >= 0.3 is 0 Å². The number of likely N-dealkylation sites (tertiary alicyclic amines) is 1. The maximum absolute atomic E-state index is 12.7. The minimum atomic E-state index is -1.06. The smallest absolute Gasteiger partial charge is 0.289 e. The first-order valence-electron chi connectivity index (χ1n) is 19.0. The van der Waals surface area contributed by atoms with E-state index in [-0.39, 0.29) is 25.4 Å². The highest BCUT2D eigenvalue weighted by Crippen LogP contribution is 2.28. The average molecular weight is 711 g/mol. The molecule has 2 aliphatic rings. The van der Waals surface area contributed by atoms with Crippen molar-refractivity contribution in [2.45, 2.75) is 135 Å². The van der Waals surface area contributed by atoms with Crippen molar-refractivity contribution in [3.63, 3.8) is 0 Å². The highest BCUT2D eigenvalue weighted by molar-refractivity contribution is 6.38. The van der Waals surface area contributed by atoms with E-state index in [9.17, 15) is 24.0 Å². The number of carbonyl (C=O) groups excluding carboxylic acids is 5. The zero-order chi connectivity index (χ0) is 38.0. The van der Waals surface area contributed by atoms with Gasteiger partial charge in [0.1, 0.15) is 12.1 Å². The molecule has 1 heterocycles. The largest absolute Gasteiger partial charge is 0.382 e. The van der Waals surface area contributed by atoms with Crippen molar-refractivity contribution in [2.75, 3.05) is 26.7 Å². The number of carbonyl (C=O) groups is 5. The summed E-state index contributed by atoms with van der Waals surface area (Å²) in [6, 6.07) is 7.21. The summed E-state index contributed by atoms with van der Waals surface area (Å²) in [4.78, 5) is 60.8. The first-order chi connectivity index (χ1) is 24.5. The molecule has 1 saturated heterocycles. The van der Waals surface area contributed by atoms with Crippen LogP contribution in [0.3, 0.4) is 0 Å². The van der Waals surface area contributed by atoms with Crippen LogP contribution in [0.15, 0.2) is 49.6 Å². The number of Topliss-reactive ketones (excluding diaryl/α,β-unsaturated/α-hetero) is 1. The van der Waals surface area contributed by atoms with Crippen LogP contribution in [0.25, 0.3) is 0 Å². The van der Waals surface area contributed by atoms with Gasteiger partial charge in [0.2, 0.25) is 24.0 Å². The van der Waals surface area contributed by atoms with Crippen LogP contribution in [0.2, 0.25) is 0 Å². The normalized spacial score (nSPS) is 17.7. The molecule has 1 aromatic carbocycles. The maximum atomic E-state index is 12.7. The monoisotopic (exact) mass is 710 g/mol. The van der Waals surface area contributed by atoms with Crippen molar-refractivity contribution in [1.29, 1.82) is 0 Å². The number of piperidine rings is 1. The summed E-state index contributed by atoms with van der Waals surface area (Å²) in [7, 11) is 1.80. The van der Waals surface area contributed by atoms with Crippen molar-refractivity contribution in [1.82, 2.24) is 20.9 Å². The van der Waals surface area contributed by atoms with Gasteiger partial charge in [-0.05, 0) is 74.8 Å². The minimum absolute atomic E-state index is 0.0828. The second kappa shape index (κ2) is 26.9. The number of nitrogens with one attached hydrogen (secondary N) is 3. The van der Waals surface area contributed by atoms with Crippen LogP contribution in [0.4, 0.5) is 0 Å². The van der Waals surface area contributed by atoms with Gasteiger partial charge in [-0.2, -0.15) is 0 Å². The molecule has 5 unspecified atom stereocenters. The summed E-state index contributed by atoms with van der Waals surface area (Å²) in [5, 5.41) is 7.22. The summed E-state index contributed by atoms with van der Waals surface area (Å²) >= 11 is 0. The Morgan fingerprint density at radius 3 is 2.20 bits per heavy atom. The summed E-state index contributed by atoms with van der Waals surface area (Å²) in [5.41, 5.74) is 2.92. The van der Waals surface area contributed by atoms with E-state index in [4.69, 9.17) is 4.74 Å². The van der Waals surface area contributed by atoms with Crippen LogP contribution in [0.5, 0.6) is 0 Å². The van der Waals surface area contributed by atoms with E-state index >= 15 is 0 Å². The van der Waals surface area contributed by atoms with Crippen molar-refractivity contribution in [3.8, 4) is 0 Å². The third-order valence-electron chi connectivity index (χ3n) is 9.80. The second-order valence-corrected chi connectivity index (χ2v) is 13.7. The Kier molecular flexibility index (Phi) is 23.9. The molecule has 3 N–H and O–H groups in total. The van der Waals surface area contributed by atoms with Gasteiger partial charge in [-0.1, -0.05) is 95.7 Å². The van der Waals surface area contributed by atoms with Crippen LogP contribution < -0.4 is 16.0 Å². The lowest BCUT2D eigenvalue weighted by Crippen LogP contribution is -2.57. The van der Waals surface area contributed by atoms with Crippen LogP contribution >= 0.6 is 0 Å². The molecule has 1 aromatic rings. The van der Waals surface area contributed by atoms with Crippen LogP contribution in [0, 0.1) is 5.92 Å². The molecule has 0 radical (unpaired) electrons. The molecule has 286 valence electrons. The van der Waals surface area contributed by atoms with E-state index in [0.29, 0.717) is 37.3 Å². The third-order valence-corrected chi connectivity index (χ3v) is 9.80. The molecule has 1 saturated carbocycles. The van der Waals surface area contributed by atoms with Gasteiger partial charge in [-0.15, -0.1) is 13.2 Å². The number of ketones is 1. The number of nitrogens with zero attached hydrogens (tertiary/aromatic N) is 1. The van der Waals surface area contributed by atoms with E-state index in [1.54, 1.807) is 7.11 Å². The van der Waals surface area contributed by atoms with Gasteiger partial charge in [0.05, 0.1) is 12.6 Å². The zero-order valence-corrected chi connectivity index (χ0v) is 32.1. The number of methoxy groups -OCH3 is 1. The Bertz CT molecular complexity index is 1200. The average Bonchev–Trinajstić information content (AvgIpc) is 3.18. The van der Waals surface area contributed by atoms with Crippen molar-refractivity contribution in [2.24, 2.45) is 5.92 Å². The molecule has 2 fully saturated rings. The first-order valence-corrected chi connectivity index (χ1v) is 19.0. The fourth-order valence-corrected chi connectivity index (χ4v) is 6.16. The highest BCUT2D eigenvalue weighted by Gasteiger charge is 2.34. The first kappa shape index (κ1) is 45.2. The molecular formula is C41H66N4O6. The number of benzene rings is 1. The van der Waals surface area contributed by atoms with Crippen LogP contribution in [0.1, 0.15) is 122 Å². The molecule has 3 rings (SSSR count). The Morgan fingerprint density at radius 1 is 0.961 bits per heavy atom. The number of ether oxygens (including phenoxy) is 1. The highest BCUT2D eigenvalue weighted by atomic mass is 16.5. The number of aryl methyl sites for hydroxylation is 1. The van der Waals surface area contributed by atoms with Crippen LogP contribution in [-0.2, 0) is 35.1 Å². The molecular weight excluding hydrogens is 644 g/mol. The van der Waals surface area contributed by atoms with Crippen molar-refractivity contribution < 1.29 is 28.7 Å². The second-order valence-electron chi connectivity index (χ2n) is 13.7. The number of hydrogen-bond acceptors (Lipinski definition) is 6. The lowest BCUT2D eigenvalue weighted by atomic mass is 9.85. The minimum Gasteiger partial charge on any atom is -0.382 e. The fourth-order valence-electron chi connectivity index (χ4n) is 6.16. The quantitative estimate of drug-likeness (QED) is 0.0946. The lowest BCUT2D eigenvalue weighted by Gasteiger charge is -2.35. The predicted molar refractivity (Wildman–Crippen MR) is 205 cm³/mol. The molecule has 0 bridgehead atoms. The maximum Gasteiger partial charge on any atom is 0.289 e. The summed E-state index contributed by atoms with van der Waals surface area (Å²) in [5.74, 6) is -1.17. The molecule has 4 amide bonds. The lowest BCUT2D eigenvalue weighted by molar-refractivity contribution is -0.144. The van der Waals surface area contributed by atoms with Crippen molar-refractivity contribution in [3.05, 3.63) is 60.7 Å². The van der Waals surface area contributed by atoms with Crippen molar-refractivity contribution >= 4 is 29.9 Å². The molecule has 1 aliphatic heterocycles. The van der Waals surface area contributed by atoms with Gasteiger partial charge in [0.15, 0.2) is 0 Å². The predicted octanol–water partition coefficient (Wildman–Crippen LogP) is 6.19. The standard InChI is InChI=1S/C18H26N4O5.C17H28O.C6H12/c1-3-7-13(16(25)18(27)20-9-4-2)21-17(26)14-8-5-6-10-22(14)15(24)11-19-12-23;1-6-16-8-7-9-17(12-16)15(4)13(2)10-11-14(3)18-5;1-2-4-6-5-3-1/h3-4,12-14H,1-2,5-11H2,(H,19,23)(H,20,27)(H,21,26);7-9,12-15H,6,10-11H2,1-5H3;1-6H2. The summed E-state index contributed by atoms with van der Waals surface area (Å²) in [6.07, 6.45) is 18.2. The Hall–Kier alpha value is -3.79. The summed E-state index contributed by atoms with van der Waals surface area (Å²) in [6.45, 7) is 16.4. The van der Waals surface area contributed by atoms with E-state index in [1.807, 2.05) is 0 Å². The third kappa shape index (κ3) is 17.8. The molecule has 1 aliphatic carbocycles. The van der Waals surface area contributed by atoms with E-state index < -0.39 is 29.7 Å². The molecule has 0 aromatic heterocycles. The Labute approximate surface area is 307 Å². The van der Waals surface area contributed by atoms with E-state index in [2.05, 4.69) is 81.1 Å².